The van der Waals surface area contributed by atoms with Crippen LogP contribution in [0.25, 0.3) is 0 Å². The SMILES string of the molecule is Cc1ccccc1Cn1cccc(C(=O)N2c3ccccc3C[C@@H]2C)c1=O. The number of anilines is 1. The highest BCUT2D eigenvalue weighted by Crippen LogP contribution is 2.32. The summed E-state index contributed by atoms with van der Waals surface area (Å²) in [5, 5.41) is 0. The summed E-state index contributed by atoms with van der Waals surface area (Å²) in [5.74, 6) is -0.225. The lowest BCUT2D eigenvalue weighted by Gasteiger charge is -2.22. The minimum Gasteiger partial charge on any atom is -0.310 e. The molecule has 0 fully saturated rings. The Bertz CT molecular complexity index is 1070. The Balaban J connectivity index is 1.70. The molecule has 1 atom stereocenters. The van der Waals surface area contributed by atoms with E-state index >= 15 is 0 Å². The quantitative estimate of drug-likeness (QED) is 0.715. The van der Waals surface area contributed by atoms with E-state index in [1.54, 1.807) is 27.8 Å². The van der Waals surface area contributed by atoms with E-state index in [0.29, 0.717) is 6.54 Å². The summed E-state index contributed by atoms with van der Waals surface area (Å²) in [4.78, 5) is 28.0. The van der Waals surface area contributed by atoms with Crippen LogP contribution in [0.4, 0.5) is 5.69 Å². The van der Waals surface area contributed by atoms with Crippen LogP contribution in [0.15, 0.2) is 71.7 Å². The number of aryl methyl sites for hydroxylation is 1. The predicted octanol–water partition coefficient (Wildman–Crippen LogP) is 3.80. The van der Waals surface area contributed by atoms with E-state index in [9.17, 15) is 9.59 Å². The number of carbonyl (C=O) groups excluding carboxylic acids is 1. The maximum atomic E-state index is 13.2. The molecule has 27 heavy (non-hydrogen) atoms. The third-order valence-corrected chi connectivity index (χ3v) is 5.28. The van der Waals surface area contributed by atoms with Gasteiger partial charge in [0.15, 0.2) is 0 Å². The zero-order valence-electron chi connectivity index (χ0n) is 15.6. The van der Waals surface area contributed by atoms with Crippen molar-refractivity contribution in [1.82, 2.24) is 4.57 Å². The molecule has 1 aliphatic rings. The molecule has 0 unspecified atom stereocenters. The molecule has 136 valence electrons. The first-order valence-corrected chi connectivity index (χ1v) is 9.21. The van der Waals surface area contributed by atoms with Crippen molar-refractivity contribution in [2.75, 3.05) is 4.90 Å². The number of nitrogens with zero attached hydrogens (tertiary/aromatic N) is 2. The molecule has 1 amide bonds. The van der Waals surface area contributed by atoms with Crippen molar-refractivity contribution in [2.24, 2.45) is 0 Å². The molecule has 4 heteroatoms. The molecule has 0 saturated heterocycles. The fourth-order valence-corrected chi connectivity index (χ4v) is 3.80. The molecular weight excluding hydrogens is 336 g/mol. The fourth-order valence-electron chi connectivity index (χ4n) is 3.80. The zero-order chi connectivity index (χ0) is 19.0. The monoisotopic (exact) mass is 358 g/mol. The topological polar surface area (TPSA) is 42.3 Å². The van der Waals surface area contributed by atoms with Crippen LogP contribution < -0.4 is 10.5 Å². The third kappa shape index (κ3) is 3.08. The molecule has 3 aromatic rings. The van der Waals surface area contributed by atoms with Crippen LogP contribution in [0.1, 0.15) is 34.0 Å². The second-order valence-corrected chi connectivity index (χ2v) is 7.14. The van der Waals surface area contributed by atoms with Gasteiger partial charge in [0.05, 0.1) is 6.54 Å². The minimum absolute atomic E-state index is 0.0410. The van der Waals surface area contributed by atoms with Crippen LogP contribution in [0.5, 0.6) is 0 Å². The van der Waals surface area contributed by atoms with Gasteiger partial charge in [-0.1, -0.05) is 42.5 Å². The lowest BCUT2D eigenvalue weighted by molar-refractivity contribution is 0.0979. The van der Waals surface area contributed by atoms with Gasteiger partial charge in [-0.05, 0) is 55.2 Å². The van der Waals surface area contributed by atoms with Crippen molar-refractivity contribution in [1.29, 1.82) is 0 Å². The Labute approximate surface area is 158 Å². The van der Waals surface area contributed by atoms with E-state index < -0.39 is 0 Å². The molecule has 2 aromatic carbocycles. The summed E-state index contributed by atoms with van der Waals surface area (Å²) in [6.45, 7) is 4.50. The number of para-hydroxylation sites is 1. The van der Waals surface area contributed by atoms with Crippen molar-refractivity contribution >= 4 is 11.6 Å². The van der Waals surface area contributed by atoms with E-state index in [1.807, 2.05) is 62.4 Å². The van der Waals surface area contributed by atoms with E-state index in [2.05, 4.69) is 0 Å². The second kappa shape index (κ2) is 6.88. The summed E-state index contributed by atoms with van der Waals surface area (Å²) < 4.78 is 1.61. The van der Waals surface area contributed by atoms with Crippen molar-refractivity contribution in [3.8, 4) is 0 Å². The highest BCUT2D eigenvalue weighted by Gasteiger charge is 2.32. The Morgan fingerprint density at radius 1 is 1.04 bits per heavy atom. The fraction of sp³-hybridized carbons (Fsp3) is 0.217. The maximum Gasteiger partial charge on any atom is 0.264 e. The van der Waals surface area contributed by atoms with Gasteiger partial charge in [0.1, 0.15) is 5.56 Å². The Morgan fingerprint density at radius 3 is 2.59 bits per heavy atom. The number of pyridine rings is 1. The molecule has 1 aliphatic heterocycles. The van der Waals surface area contributed by atoms with E-state index in [0.717, 1.165) is 28.8 Å². The first-order chi connectivity index (χ1) is 13.1. The van der Waals surface area contributed by atoms with Crippen LogP contribution in [-0.4, -0.2) is 16.5 Å². The number of carbonyl (C=O) groups is 1. The average Bonchev–Trinajstić information content (AvgIpc) is 3.00. The number of benzene rings is 2. The van der Waals surface area contributed by atoms with Crippen molar-refractivity contribution in [3.05, 3.63) is 99.5 Å². The first-order valence-electron chi connectivity index (χ1n) is 9.21. The Morgan fingerprint density at radius 2 is 1.78 bits per heavy atom. The predicted molar refractivity (Wildman–Crippen MR) is 107 cm³/mol. The van der Waals surface area contributed by atoms with E-state index in [-0.39, 0.29) is 23.1 Å². The van der Waals surface area contributed by atoms with Gasteiger partial charge in [-0.2, -0.15) is 0 Å². The molecule has 4 nitrogen and oxygen atoms in total. The van der Waals surface area contributed by atoms with Gasteiger partial charge < -0.3 is 9.47 Å². The van der Waals surface area contributed by atoms with Crippen molar-refractivity contribution < 1.29 is 4.79 Å². The van der Waals surface area contributed by atoms with Crippen LogP contribution in [0.2, 0.25) is 0 Å². The molecule has 0 saturated carbocycles. The summed E-state index contributed by atoms with van der Waals surface area (Å²) in [5.41, 5.74) is 4.22. The molecule has 0 N–H and O–H groups in total. The highest BCUT2D eigenvalue weighted by atomic mass is 16.2. The Kier molecular flexibility index (Phi) is 4.40. The number of rotatable bonds is 3. The smallest absolute Gasteiger partial charge is 0.264 e. The van der Waals surface area contributed by atoms with Gasteiger partial charge >= 0.3 is 0 Å². The molecule has 0 aliphatic carbocycles. The first kappa shape index (κ1) is 17.3. The number of amides is 1. The molecule has 0 radical (unpaired) electrons. The van der Waals surface area contributed by atoms with Crippen molar-refractivity contribution in [3.63, 3.8) is 0 Å². The van der Waals surface area contributed by atoms with Gasteiger partial charge in [0.2, 0.25) is 0 Å². The van der Waals surface area contributed by atoms with Crippen LogP contribution in [0, 0.1) is 6.92 Å². The lowest BCUT2D eigenvalue weighted by Crippen LogP contribution is -2.39. The second-order valence-electron chi connectivity index (χ2n) is 7.14. The molecule has 0 spiro atoms. The minimum atomic E-state index is -0.248. The van der Waals surface area contributed by atoms with E-state index in [1.165, 1.54) is 0 Å². The largest absolute Gasteiger partial charge is 0.310 e. The van der Waals surface area contributed by atoms with Gasteiger partial charge in [-0.25, -0.2) is 0 Å². The normalized spacial score (nSPS) is 15.6. The third-order valence-electron chi connectivity index (χ3n) is 5.28. The van der Waals surface area contributed by atoms with Gasteiger partial charge in [0, 0.05) is 17.9 Å². The zero-order valence-corrected chi connectivity index (χ0v) is 15.6. The highest BCUT2D eigenvalue weighted by molar-refractivity contribution is 6.07. The number of aromatic nitrogens is 1. The maximum absolute atomic E-state index is 13.2. The summed E-state index contributed by atoms with van der Waals surface area (Å²) in [6.07, 6.45) is 2.55. The molecule has 0 bridgehead atoms. The van der Waals surface area contributed by atoms with E-state index in [4.69, 9.17) is 0 Å². The molecule has 2 heterocycles. The average molecular weight is 358 g/mol. The van der Waals surface area contributed by atoms with Crippen LogP contribution in [-0.2, 0) is 13.0 Å². The number of fused-ring (bicyclic) bond motifs is 1. The summed E-state index contributed by atoms with van der Waals surface area (Å²) >= 11 is 0. The van der Waals surface area contributed by atoms with Gasteiger partial charge in [-0.15, -0.1) is 0 Å². The number of hydrogen-bond acceptors (Lipinski definition) is 2. The standard InChI is InChI=1S/C23H22N2O2/c1-16-8-3-4-10-19(16)15-24-13-7-11-20(22(24)26)23(27)25-17(2)14-18-9-5-6-12-21(18)25/h3-13,17H,14-15H2,1-2H3/t17-/m0/s1. The molecular formula is C23H22N2O2. The van der Waals surface area contributed by atoms with Crippen LogP contribution >= 0.6 is 0 Å². The lowest BCUT2D eigenvalue weighted by atomic mass is 10.1. The van der Waals surface area contributed by atoms with Crippen LogP contribution in [0.3, 0.4) is 0 Å². The number of hydrogen-bond donors (Lipinski definition) is 0. The van der Waals surface area contributed by atoms with Gasteiger partial charge in [-0.3, -0.25) is 9.59 Å². The molecule has 1 aromatic heterocycles. The summed E-state index contributed by atoms with van der Waals surface area (Å²) in [7, 11) is 0. The Hall–Kier alpha value is -3.14. The summed E-state index contributed by atoms with van der Waals surface area (Å²) in [6, 6.07) is 19.3. The molecule has 4 rings (SSSR count). The van der Waals surface area contributed by atoms with Crippen molar-refractivity contribution in [2.45, 2.75) is 32.9 Å². The van der Waals surface area contributed by atoms with Gasteiger partial charge in [0.25, 0.3) is 11.5 Å².